The summed E-state index contributed by atoms with van der Waals surface area (Å²) < 4.78 is 29.2. The van der Waals surface area contributed by atoms with Gasteiger partial charge in [-0.2, -0.15) is 0 Å². The lowest BCUT2D eigenvalue weighted by atomic mass is 10.0. The van der Waals surface area contributed by atoms with Crippen LogP contribution in [0.1, 0.15) is 17.7 Å². The number of rotatable bonds is 4. The molecule has 1 aromatic heterocycles. The lowest BCUT2D eigenvalue weighted by Crippen LogP contribution is -2.38. The van der Waals surface area contributed by atoms with Crippen LogP contribution in [-0.2, 0) is 10.0 Å². The summed E-state index contributed by atoms with van der Waals surface area (Å²) in [6.07, 6.45) is 2.16. The Morgan fingerprint density at radius 1 is 1.43 bits per heavy atom. The number of piperidine rings is 1. The Morgan fingerprint density at radius 3 is 2.91 bits per heavy atom. The second-order valence-corrected chi connectivity index (χ2v) is 9.09. The minimum Gasteiger partial charge on any atom is -0.316 e. The first kappa shape index (κ1) is 19.0. The molecule has 1 aliphatic rings. The number of halogens is 2. The molecule has 1 saturated heterocycles. The lowest BCUT2D eigenvalue weighted by Gasteiger charge is -2.22. The summed E-state index contributed by atoms with van der Waals surface area (Å²) in [5.74, 6) is 0.359. The third-order valence-corrected chi connectivity index (χ3v) is 7.06. The molecule has 0 radical (unpaired) electrons. The molecule has 2 heterocycles. The first-order valence-electron chi connectivity index (χ1n) is 7.36. The van der Waals surface area contributed by atoms with Gasteiger partial charge in [0, 0.05) is 26.5 Å². The van der Waals surface area contributed by atoms with Crippen molar-refractivity contribution in [3.8, 4) is 0 Å². The van der Waals surface area contributed by atoms with Gasteiger partial charge in [0.05, 0.1) is 0 Å². The van der Waals surface area contributed by atoms with E-state index in [1.807, 2.05) is 13.0 Å². The molecule has 1 aromatic carbocycles. The van der Waals surface area contributed by atoms with E-state index in [9.17, 15) is 8.42 Å². The highest BCUT2D eigenvalue weighted by Gasteiger charge is 2.24. The molecule has 4 nitrogen and oxygen atoms in total. The Bertz CT molecular complexity index is 784. The van der Waals surface area contributed by atoms with Gasteiger partial charge in [0.2, 0.25) is 10.0 Å². The van der Waals surface area contributed by atoms with Crippen LogP contribution in [0, 0.1) is 12.8 Å². The van der Waals surface area contributed by atoms with Gasteiger partial charge in [0.1, 0.15) is 4.90 Å². The smallest absolute Gasteiger partial charge is 0.242 e. The second-order valence-electron chi connectivity index (χ2n) is 5.69. The summed E-state index contributed by atoms with van der Waals surface area (Å²) in [7, 11) is -3.52. The van der Waals surface area contributed by atoms with Crippen LogP contribution in [0.25, 0.3) is 10.1 Å². The number of hydrogen-bond acceptors (Lipinski definition) is 4. The van der Waals surface area contributed by atoms with Crippen molar-refractivity contribution in [3.05, 3.63) is 28.1 Å². The van der Waals surface area contributed by atoms with Crippen LogP contribution in [-0.4, -0.2) is 28.1 Å². The summed E-state index contributed by atoms with van der Waals surface area (Å²) in [4.78, 5) is 1.17. The Balaban J connectivity index is 0.00000192. The molecular formula is C15H20Cl2N2O2S2. The number of thiophene rings is 1. The van der Waals surface area contributed by atoms with Gasteiger partial charge in [-0.15, -0.1) is 23.7 Å². The van der Waals surface area contributed by atoms with E-state index in [-0.39, 0.29) is 12.4 Å². The molecule has 0 aliphatic carbocycles. The third kappa shape index (κ3) is 4.18. The number of benzene rings is 1. The van der Waals surface area contributed by atoms with Crippen molar-refractivity contribution in [2.45, 2.75) is 24.7 Å². The van der Waals surface area contributed by atoms with Crippen molar-refractivity contribution < 1.29 is 8.42 Å². The van der Waals surface area contributed by atoms with Gasteiger partial charge in [-0.3, -0.25) is 0 Å². The molecule has 2 N–H and O–H groups in total. The minimum atomic E-state index is -3.52. The van der Waals surface area contributed by atoms with Gasteiger partial charge in [-0.1, -0.05) is 11.6 Å². The maximum atomic E-state index is 12.7. The van der Waals surface area contributed by atoms with Crippen LogP contribution in [0.3, 0.4) is 0 Å². The van der Waals surface area contributed by atoms with Crippen molar-refractivity contribution >= 4 is 55.5 Å². The van der Waals surface area contributed by atoms with E-state index >= 15 is 0 Å². The zero-order valence-corrected chi connectivity index (χ0v) is 16.0. The summed E-state index contributed by atoms with van der Waals surface area (Å²) >= 11 is 7.52. The molecule has 3 rings (SSSR count). The van der Waals surface area contributed by atoms with E-state index < -0.39 is 10.0 Å². The van der Waals surface area contributed by atoms with E-state index in [0.717, 1.165) is 35.5 Å². The summed E-state index contributed by atoms with van der Waals surface area (Å²) in [6, 6.07) is 5.40. The quantitative estimate of drug-likeness (QED) is 0.832. The van der Waals surface area contributed by atoms with E-state index in [4.69, 9.17) is 11.6 Å². The SMILES string of the molecule is Cc1sc2ccc(Cl)cc2c1S(=O)(=O)NCC1CCCNC1.Cl. The highest BCUT2D eigenvalue weighted by molar-refractivity contribution is 7.90. The van der Waals surface area contributed by atoms with Gasteiger partial charge in [0.25, 0.3) is 0 Å². The number of aryl methyl sites for hydroxylation is 1. The predicted octanol–water partition coefficient (Wildman–Crippen LogP) is 3.56. The number of sulfonamides is 1. The van der Waals surface area contributed by atoms with E-state index in [1.165, 1.54) is 11.3 Å². The fourth-order valence-electron chi connectivity index (χ4n) is 2.90. The molecule has 0 bridgehead atoms. The Labute approximate surface area is 152 Å². The molecule has 1 fully saturated rings. The molecular weight excluding hydrogens is 375 g/mol. The maximum Gasteiger partial charge on any atom is 0.242 e. The van der Waals surface area contributed by atoms with Crippen molar-refractivity contribution in [3.63, 3.8) is 0 Å². The fourth-order valence-corrected chi connectivity index (χ4v) is 5.97. The molecule has 1 aliphatic heterocycles. The monoisotopic (exact) mass is 394 g/mol. The maximum absolute atomic E-state index is 12.7. The average molecular weight is 395 g/mol. The van der Waals surface area contributed by atoms with Crippen LogP contribution >= 0.6 is 35.3 Å². The summed E-state index contributed by atoms with van der Waals surface area (Å²) in [5, 5.41) is 4.57. The average Bonchev–Trinajstić information content (AvgIpc) is 2.82. The molecule has 0 saturated carbocycles. The molecule has 1 atom stereocenters. The van der Waals surface area contributed by atoms with E-state index in [1.54, 1.807) is 12.1 Å². The van der Waals surface area contributed by atoms with Gasteiger partial charge < -0.3 is 5.32 Å². The molecule has 2 aromatic rings. The highest BCUT2D eigenvalue weighted by atomic mass is 35.5. The predicted molar refractivity (Wildman–Crippen MR) is 99.6 cm³/mol. The zero-order valence-electron chi connectivity index (χ0n) is 12.8. The Hall–Kier alpha value is -0.370. The zero-order chi connectivity index (χ0) is 15.7. The first-order valence-corrected chi connectivity index (χ1v) is 10.0. The largest absolute Gasteiger partial charge is 0.316 e. The molecule has 128 valence electrons. The van der Waals surface area contributed by atoms with Crippen LogP contribution < -0.4 is 10.0 Å². The molecule has 1 unspecified atom stereocenters. The lowest BCUT2D eigenvalue weighted by molar-refractivity contribution is 0.376. The normalized spacial score (nSPS) is 18.8. The van der Waals surface area contributed by atoms with Crippen LogP contribution in [0.2, 0.25) is 5.02 Å². The first-order chi connectivity index (χ1) is 10.5. The van der Waals surface area contributed by atoms with Gasteiger partial charge in [0.15, 0.2) is 0 Å². The Morgan fingerprint density at radius 2 is 2.22 bits per heavy atom. The van der Waals surface area contributed by atoms with Crippen molar-refractivity contribution in [1.82, 2.24) is 10.0 Å². The summed E-state index contributed by atoms with van der Waals surface area (Å²) in [5.41, 5.74) is 0. The van der Waals surface area contributed by atoms with E-state index in [2.05, 4.69) is 10.0 Å². The van der Waals surface area contributed by atoms with Crippen LogP contribution in [0.4, 0.5) is 0 Å². The standard InChI is InChI=1S/C15H19ClN2O2S2.ClH/c1-10-15(13-7-12(16)4-5-14(13)21-10)22(19,20)18-9-11-3-2-6-17-8-11;/h4-5,7,11,17-18H,2-3,6,8-9H2,1H3;1H. The van der Waals surface area contributed by atoms with Crippen molar-refractivity contribution in [2.24, 2.45) is 5.92 Å². The Kier molecular flexibility index (Phi) is 6.33. The molecule has 8 heteroatoms. The molecule has 23 heavy (non-hydrogen) atoms. The van der Waals surface area contributed by atoms with Crippen molar-refractivity contribution in [1.29, 1.82) is 0 Å². The van der Waals surface area contributed by atoms with E-state index in [0.29, 0.717) is 27.8 Å². The fraction of sp³-hybridized carbons (Fsp3) is 0.467. The molecule has 0 amide bonds. The number of fused-ring (bicyclic) bond motifs is 1. The van der Waals surface area contributed by atoms with Crippen LogP contribution in [0.5, 0.6) is 0 Å². The van der Waals surface area contributed by atoms with Gasteiger partial charge in [-0.05, 0) is 57.0 Å². The second kappa shape index (κ2) is 7.68. The van der Waals surface area contributed by atoms with Gasteiger partial charge in [-0.25, -0.2) is 13.1 Å². The molecule has 0 spiro atoms. The van der Waals surface area contributed by atoms with Crippen molar-refractivity contribution in [2.75, 3.05) is 19.6 Å². The third-order valence-electron chi connectivity index (χ3n) is 4.00. The van der Waals surface area contributed by atoms with Gasteiger partial charge >= 0.3 is 0 Å². The number of nitrogens with one attached hydrogen (secondary N) is 2. The van der Waals surface area contributed by atoms with Crippen LogP contribution in [0.15, 0.2) is 23.1 Å². The minimum absolute atomic E-state index is 0. The highest BCUT2D eigenvalue weighted by Crippen LogP contribution is 2.35. The number of hydrogen-bond donors (Lipinski definition) is 2. The topological polar surface area (TPSA) is 58.2 Å². The summed E-state index contributed by atoms with van der Waals surface area (Å²) in [6.45, 7) is 4.22.